The quantitative estimate of drug-likeness (QED) is 0.586. The normalized spacial score (nSPS) is 16.9. The lowest BCUT2D eigenvalue weighted by Gasteiger charge is -2.32. The SMILES string of the molecule is Cc1c(C(=O)N2CCC[C@@H](c3ccc(Cc4cccc(C(F)(F)F)c4)cn3)C2)cnn1C. The van der Waals surface area contributed by atoms with E-state index in [1.165, 1.54) is 12.1 Å². The minimum Gasteiger partial charge on any atom is -0.338 e. The van der Waals surface area contributed by atoms with Crippen LogP contribution >= 0.6 is 0 Å². The largest absolute Gasteiger partial charge is 0.416 e. The molecule has 0 N–H and O–H groups in total. The monoisotopic (exact) mass is 442 g/mol. The molecule has 168 valence electrons. The number of carbonyl (C=O) groups excluding carboxylic acids is 1. The average Bonchev–Trinajstić information content (AvgIpc) is 3.12. The van der Waals surface area contributed by atoms with Gasteiger partial charge >= 0.3 is 6.18 Å². The predicted octanol–water partition coefficient (Wildman–Crippen LogP) is 4.75. The zero-order valence-corrected chi connectivity index (χ0v) is 18.1. The maximum absolute atomic E-state index is 12.9. The highest BCUT2D eigenvalue weighted by molar-refractivity contribution is 5.95. The van der Waals surface area contributed by atoms with Gasteiger partial charge in [0, 0.05) is 43.6 Å². The fourth-order valence-electron chi connectivity index (χ4n) is 4.16. The standard InChI is InChI=1S/C24H25F3N4O/c1-16-21(14-29-30(16)2)23(32)31-10-4-6-19(15-31)22-9-8-18(13-28-22)11-17-5-3-7-20(12-17)24(25,26)27/h3,5,7-9,12-14,19H,4,6,10-11,15H2,1-2H3/t19-/m1/s1. The summed E-state index contributed by atoms with van der Waals surface area (Å²) < 4.78 is 40.5. The van der Waals surface area contributed by atoms with Crippen LogP contribution in [0.15, 0.2) is 48.8 Å². The summed E-state index contributed by atoms with van der Waals surface area (Å²) in [6, 6.07) is 9.21. The molecule has 5 nitrogen and oxygen atoms in total. The molecular formula is C24H25F3N4O. The molecule has 1 aromatic carbocycles. The van der Waals surface area contributed by atoms with E-state index in [4.69, 9.17) is 0 Å². The van der Waals surface area contributed by atoms with Crippen LogP contribution in [0, 0.1) is 6.92 Å². The van der Waals surface area contributed by atoms with Crippen molar-refractivity contribution in [3.8, 4) is 0 Å². The molecule has 0 unspecified atom stereocenters. The molecule has 1 aliphatic heterocycles. The van der Waals surface area contributed by atoms with Crippen molar-refractivity contribution < 1.29 is 18.0 Å². The van der Waals surface area contributed by atoms with Crippen LogP contribution in [0.25, 0.3) is 0 Å². The van der Waals surface area contributed by atoms with Gasteiger partial charge in [0.2, 0.25) is 0 Å². The van der Waals surface area contributed by atoms with Gasteiger partial charge in [0.1, 0.15) is 0 Å². The lowest BCUT2D eigenvalue weighted by molar-refractivity contribution is -0.137. The summed E-state index contributed by atoms with van der Waals surface area (Å²) >= 11 is 0. The molecule has 1 aliphatic rings. The minimum absolute atomic E-state index is 0.0125. The summed E-state index contributed by atoms with van der Waals surface area (Å²) in [4.78, 5) is 19.4. The minimum atomic E-state index is -4.35. The fraction of sp³-hybridized carbons (Fsp3) is 0.375. The van der Waals surface area contributed by atoms with Crippen LogP contribution < -0.4 is 0 Å². The Hall–Kier alpha value is -3.16. The number of hydrogen-bond acceptors (Lipinski definition) is 3. The molecule has 32 heavy (non-hydrogen) atoms. The highest BCUT2D eigenvalue weighted by Gasteiger charge is 2.30. The second-order valence-electron chi connectivity index (χ2n) is 8.32. The van der Waals surface area contributed by atoms with Crippen LogP contribution in [-0.2, 0) is 19.6 Å². The molecule has 2 aromatic heterocycles. The molecule has 1 atom stereocenters. The topological polar surface area (TPSA) is 51.0 Å². The van der Waals surface area contributed by atoms with Crippen molar-refractivity contribution in [2.45, 2.75) is 38.3 Å². The van der Waals surface area contributed by atoms with E-state index in [0.717, 1.165) is 35.9 Å². The summed E-state index contributed by atoms with van der Waals surface area (Å²) in [5.41, 5.74) is 3.17. The fourth-order valence-corrected chi connectivity index (χ4v) is 4.16. The average molecular weight is 442 g/mol. The summed E-state index contributed by atoms with van der Waals surface area (Å²) in [6.45, 7) is 3.18. The lowest BCUT2D eigenvalue weighted by atomic mass is 9.93. The number of nitrogens with zero attached hydrogens (tertiary/aromatic N) is 4. The Bertz CT molecular complexity index is 1110. The Labute approximate surface area is 184 Å². The molecule has 3 heterocycles. The number of amides is 1. The van der Waals surface area contributed by atoms with Crippen molar-refractivity contribution in [3.63, 3.8) is 0 Å². The van der Waals surface area contributed by atoms with Crippen LogP contribution in [0.3, 0.4) is 0 Å². The van der Waals surface area contributed by atoms with Gasteiger partial charge in [0.05, 0.1) is 17.3 Å². The molecule has 0 aliphatic carbocycles. The number of rotatable bonds is 4. The molecule has 1 fully saturated rings. The van der Waals surface area contributed by atoms with Crippen LogP contribution in [0.4, 0.5) is 13.2 Å². The third kappa shape index (κ3) is 4.69. The predicted molar refractivity (Wildman–Crippen MR) is 114 cm³/mol. The van der Waals surface area contributed by atoms with E-state index in [2.05, 4.69) is 10.1 Å². The van der Waals surface area contributed by atoms with E-state index in [1.54, 1.807) is 23.1 Å². The molecular weight excluding hydrogens is 417 g/mol. The molecule has 0 spiro atoms. The van der Waals surface area contributed by atoms with Gasteiger partial charge in [-0.1, -0.05) is 24.3 Å². The summed E-state index contributed by atoms with van der Waals surface area (Å²) in [7, 11) is 1.82. The molecule has 1 saturated heterocycles. The molecule has 0 bridgehead atoms. The molecule has 4 rings (SSSR count). The van der Waals surface area contributed by atoms with Gasteiger partial charge in [-0.05, 0) is 49.4 Å². The van der Waals surface area contributed by atoms with Crippen LogP contribution in [0.5, 0.6) is 0 Å². The highest BCUT2D eigenvalue weighted by atomic mass is 19.4. The van der Waals surface area contributed by atoms with E-state index in [9.17, 15) is 18.0 Å². The summed E-state index contributed by atoms with van der Waals surface area (Å²) in [5.74, 6) is 0.119. The highest BCUT2D eigenvalue weighted by Crippen LogP contribution is 2.30. The summed E-state index contributed by atoms with van der Waals surface area (Å²) in [5, 5.41) is 4.17. The van der Waals surface area contributed by atoms with E-state index in [1.807, 2.05) is 31.0 Å². The van der Waals surface area contributed by atoms with Crippen molar-refractivity contribution >= 4 is 5.91 Å². The molecule has 8 heteroatoms. The van der Waals surface area contributed by atoms with Gasteiger partial charge in [-0.3, -0.25) is 14.5 Å². The number of aromatic nitrogens is 3. The van der Waals surface area contributed by atoms with Crippen LogP contribution in [0.1, 0.15) is 57.2 Å². The Morgan fingerprint density at radius 3 is 2.62 bits per heavy atom. The first-order valence-corrected chi connectivity index (χ1v) is 10.6. The second-order valence-corrected chi connectivity index (χ2v) is 8.32. The maximum atomic E-state index is 12.9. The molecule has 0 radical (unpaired) electrons. The van der Waals surface area contributed by atoms with Crippen molar-refractivity contribution in [1.82, 2.24) is 19.7 Å². The van der Waals surface area contributed by atoms with Gasteiger partial charge in [0.15, 0.2) is 0 Å². The molecule has 0 saturated carbocycles. The Kier molecular flexibility index (Phi) is 6.04. The van der Waals surface area contributed by atoms with Crippen molar-refractivity contribution in [1.29, 1.82) is 0 Å². The van der Waals surface area contributed by atoms with Gasteiger partial charge in [-0.15, -0.1) is 0 Å². The number of likely N-dealkylation sites (tertiary alicyclic amines) is 1. The van der Waals surface area contributed by atoms with Crippen LogP contribution in [0.2, 0.25) is 0 Å². The zero-order chi connectivity index (χ0) is 22.9. The Balaban J connectivity index is 1.44. The number of carbonyl (C=O) groups is 1. The van der Waals surface area contributed by atoms with E-state index < -0.39 is 11.7 Å². The van der Waals surface area contributed by atoms with Gasteiger partial charge in [-0.25, -0.2) is 0 Å². The third-order valence-corrected chi connectivity index (χ3v) is 6.10. The number of halogens is 3. The molecule has 1 amide bonds. The van der Waals surface area contributed by atoms with Crippen LogP contribution in [-0.4, -0.2) is 38.7 Å². The first kappa shape index (κ1) is 22.0. The number of pyridine rings is 1. The lowest BCUT2D eigenvalue weighted by Crippen LogP contribution is -2.39. The van der Waals surface area contributed by atoms with Crippen molar-refractivity contribution in [2.75, 3.05) is 13.1 Å². The van der Waals surface area contributed by atoms with Crippen molar-refractivity contribution in [3.05, 3.63) is 82.4 Å². The summed E-state index contributed by atoms with van der Waals surface area (Å²) in [6.07, 6.45) is 1.20. The number of benzene rings is 1. The first-order valence-electron chi connectivity index (χ1n) is 10.6. The third-order valence-electron chi connectivity index (χ3n) is 6.10. The number of alkyl halides is 3. The van der Waals surface area contributed by atoms with E-state index >= 15 is 0 Å². The van der Waals surface area contributed by atoms with E-state index in [-0.39, 0.29) is 11.8 Å². The van der Waals surface area contributed by atoms with Gasteiger partial charge in [0.25, 0.3) is 5.91 Å². The number of hydrogen-bond donors (Lipinski definition) is 0. The maximum Gasteiger partial charge on any atom is 0.416 e. The van der Waals surface area contributed by atoms with Gasteiger partial charge < -0.3 is 4.90 Å². The second kappa shape index (κ2) is 8.76. The Morgan fingerprint density at radius 2 is 1.97 bits per heavy atom. The number of aryl methyl sites for hydroxylation is 1. The van der Waals surface area contributed by atoms with E-state index in [0.29, 0.717) is 30.6 Å². The smallest absolute Gasteiger partial charge is 0.338 e. The first-order chi connectivity index (χ1) is 15.2. The molecule has 3 aromatic rings. The zero-order valence-electron chi connectivity index (χ0n) is 18.1. The number of piperidine rings is 1. The van der Waals surface area contributed by atoms with Gasteiger partial charge in [-0.2, -0.15) is 18.3 Å². The van der Waals surface area contributed by atoms with Crippen molar-refractivity contribution in [2.24, 2.45) is 7.05 Å². The Morgan fingerprint density at radius 1 is 1.16 bits per heavy atom.